The molecule has 11 heteroatoms. The highest BCUT2D eigenvalue weighted by Crippen LogP contribution is 2.37. The number of sulfonamides is 1. The summed E-state index contributed by atoms with van der Waals surface area (Å²) in [5.41, 5.74) is 2.32. The largest absolute Gasteiger partial charge is 0.497 e. The molecule has 0 saturated carbocycles. The molecule has 0 bridgehead atoms. The molecule has 0 aliphatic heterocycles. The van der Waals surface area contributed by atoms with Gasteiger partial charge in [0.25, 0.3) is 10.0 Å². The first-order chi connectivity index (χ1) is 19.7. The zero-order chi connectivity index (χ0) is 29.1. The van der Waals surface area contributed by atoms with E-state index in [0.717, 1.165) is 5.76 Å². The Hall–Kier alpha value is -4.90. The van der Waals surface area contributed by atoms with Gasteiger partial charge in [0.1, 0.15) is 17.2 Å². The number of aryl methyl sites for hydroxylation is 2. The van der Waals surface area contributed by atoms with E-state index in [1.165, 1.54) is 36.7 Å². The second-order valence-electron chi connectivity index (χ2n) is 9.22. The second kappa shape index (κ2) is 11.3. The van der Waals surface area contributed by atoms with Crippen molar-refractivity contribution in [2.75, 3.05) is 18.5 Å². The van der Waals surface area contributed by atoms with E-state index in [2.05, 4.69) is 10.1 Å². The van der Waals surface area contributed by atoms with Gasteiger partial charge < -0.3 is 18.4 Å². The van der Waals surface area contributed by atoms with Crippen LogP contribution in [0.2, 0.25) is 0 Å². The lowest BCUT2D eigenvalue weighted by Crippen LogP contribution is -2.33. The molecule has 5 aromatic rings. The van der Waals surface area contributed by atoms with E-state index in [1.807, 2.05) is 13.0 Å². The first kappa shape index (κ1) is 27.7. The smallest absolute Gasteiger partial charge is 0.340 e. The molecule has 2 aromatic carbocycles. The Morgan fingerprint density at radius 2 is 1.76 bits per heavy atom. The molecule has 0 saturated heterocycles. The minimum atomic E-state index is -4.18. The molecule has 3 aromatic heterocycles. The number of carbonyl (C=O) groups excluding carboxylic acids is 1. The van der Waals surface area contributed by atoms with E-state index in [4.69, 9.17) is 18.4 Å². The maximum absolute atomic E-state index is 14.1. The van der Waals surface area contributed by atoms with E-state index < -0.39 is 16.0 Å². The minimum absolute atomic E-state index is 0.0232. The van der Waals surface area contributed by atoms with Crippen LogP contribution in [0.5, 0.6) is 5.75 Å². The van der Waals surface area contributed by atoms with Gasteiger partial charge in [0.15, 0.2) is 11.5 Å². The first-order valence-corrected chi connectivity index (χ1v) is 14.0. The van der Waals surface area contributed by atoms with E-state index in [9.17, 15) is 13.2 Å². The molecule has 0 aliphatic rings. The maximum Gasteiger partial charge on any atom is 0.340 e. The van der Waals surface area contributed by atoms with Gasteiger partial charge in [-0.15, -0.1) is 0 Å². The molecular weight excluding hydrogens is 546 g/mol. The van der Waals surface area contributed by atoms with E-state index >= 15 is 0 Å². The standard InChI is InChI=1S/C30H27N3O7S/c1-19-14-22(28-16-26(32-40-28)27-12-7-20(2)39-27)15-25(30(34)38-4)29(19)33(18-21-6-5-13-31-17-21)41(35,36)24-10-8-23(37-3)9-11-24/h5-17H,18H2,1-4H3. The Morgan fingerprint density at radius 3 is 2.39 bits per heavy atom. The van der Waals surface area contributed by atoms with Crippen LogP contribution < -0.4 is 9.04 Å². The molecule has 0 unspecified atom stereocenters. The number of hydrogen-bond donors (Lipinski definition) is 0. The number of carbonyl (C=O) groups is 1. The number of nitrogens with zero attached hydrogens (tertiary/aromatic N) is 3. The number of rotatable bonds is 9. The molecule has 0 atom stereocenters. The summed E-state index contributed by atoms with van der Waals surface area (Å²) in [6, 6.07) is 18.1. The number of ether oxygens (including phenoxy) is 2. The van der Waals surface area contributed by atoms with Crippen LogP contribution in [0.3, 0.4) is 0 Å². The van der Waals surface area contributed by atoms with Gasteiger partial charge >= 0.3 is 5.97 Å². The third-order valence-corrected chi connectivity index (χ3v) is 8.20. The fourth-order valence-corrected chi connectivity index (χ4v) is 5.97. The number of benzene rings is 2. The number of furan rings is 1. The van der Waals surface area contributed by atoms with Gasteiger partial charge in [-0.3, -0.25) is 9.29 Å². The summed E-state index contributed by atoms with van der Waals surface area (Å²) < 4.78 is 51.0. The normalized spacial score (nSPS) is 11.3. The van der Waals surface area contributed by atoms with E-state index in [0.29, 0.717) is 39.7 Å². The maximum atomic E-state index is 14.1. The van der Waals surface area contributed by atoms with Crippen LogP contribution in [-0.4, -0.2) is 38.7 Å². The van der Waals surface area contributed by atoms with Gasteiger partial charge in [-0.1, -0.05) is 11.2 Å². The Balaban J connectivity index is 1.66. The molecule has 0 spiro atoms. The van der Waals surface area contributed by atoms with Crippen molar-refractivity contribution in [2.24, 2.45) is 0 Å². The summed E-state index contributed by atoms with van der Waals surface area (Å²) in [5, 5.41) is 4.10. The van der Waals surface area contributed by atoms with Crippen LogP contribution in [0.4, 0.5) is 5.69 Å². The van der Waals surface area contributed by atoms with Crippen molar-refractivity contribution in [3.8, 4) is 28.5 Å². The predicted molar refractivity (Wildman–Crippen MR) is 151 cm³/mol. The number of hydrogen-bond acceptors (Lipinski definition) is 9. The number of aromatic nitrogens is 2. The van der Waals surface area contributed by atoms with Crippen LogP contribution in [0.1, 0.15) is 27.2 Å². The minimum Gasteiger partial charge on any atom is -0.497 e. The van der Waals surface area contributed by atoms with Gasteiger partial charge in [-0.25, -0.2) is 13.2 Å². The summed E-state index contributed by atoms with van der Waals surface area (Å²) in [7, 11) is -1.44. The lowest BCUT2D eigenvalue weighted by atomic mass is 10.0. The van der Waals surface area contributed by atoms with Crippen molar-refractivity contribution in [3.63, 3.8) is 0 Å². The van der Waals surface area contributed by atoms with Crippen LogP contribution in [0, 0.1) is 13.8 Å². The lowest BCUT2D eigenvalue weighted by Gasteiger charge is -2.28. The average molecular weight is 574 g/mol. The summed E-state index contributed by atoms with van der Waals surface area (Å²) in [4.78, 5) is 17.3. The molecule has 0 fully saturated rings. The molecule has 3 heterocycles. The summed E-state index contributed by atoms with van der Waals surface area (Å²) in [6.07, 6.45) is 3.17. The third-order valence-electron chi connectivity index (χ3n) is 6.44. The highest BCUT2D eigenvalue weighted by molar-refractivity contribution is 7.92. The molecule has 0 N–H and O–H groups in total. The molecule has 5 rings (SSSR count). The highest BCUT2D eigenvalue weighted by atomic mass is 32.2. The number of anilines is 1. The summed E-state index contributed by atoms with van der Waals surface area (Å²) in [5.74, 6) is 1.42. The predicted octanol–water partition coefficient (Wildman–Crippen LogP) is 5.80. The third kappa shape index (κ3) is 5.57. The number of methoxy groups -OCH3 is 2. The van der Waals surface area contributed by atoms with Gasteiger partial charge in [0.2, 0.25) is 0 Å². The monoisotopic (exact) mass is 573 g/mol. The number of pyridine rings is 1. The van der Waals surface area contributed by atoms with Crippen LogP contribution >= 0.6 is 0 Å². The highest BCUT2D eigenvalue weighted by Gasteiger charge is 2.31. The molecule has 10 nitrogen and oxygen atoms in total. The molecular formula is C30H27N3O7S. The van der Waals surface area contributed by atoms with Crippen molar-refractivity contribution < 1.29 is 31.6 Å². The van der Waals surface area contributed by atoms with Crippen molar-refractivity contribution in [3.05, 3.63) is 102 Å². The number of esters is 1. The second-order valence-corrected chi connectivity index (χ2v) is 11.1. The van der Waals surface area contributed by atoms with Gasteiger partial charge in [-0.05, 0) is 79.6 Å². The van der Waals surface area contributed by atoms with Gasteiger partial charge in [-0.2, -0.15) is 0 Å². The van der Waals surface area contributed by atoms with E-state index in [1.54, 1.807) is 61.8 Å². The fraction of sp³-hybridized carbons (Fsp3) is 0.167. The fourth-order valence-electron chi connectivity index (χ4n) is 4.43. The van der Waals surface area contributed by atoms with Crippen molar-refractivity contribution in [2.45, 2.75) is 25.3 Å². The molecule has 0 amide bonds. The first-order valence-electron chi connectivity index (χ1n) is 12.5. The summed E-state index contributed by atoms with van der Waals surface area (Å²) in [6.45, 7) is 3.46. The van der Waals surface area contributed by atoms with Crippen LogP contribution in [0.15, 0.2) is 93.0 Å². The van der Waals surface area contributed by atoms with Crippen molar-refractivity contribution in [1.29, 1.82) is 0 Å². The van der Waals surface area contributed by atoms with E-state index in [-0.39, 0.29) is 22.7 Å². The molecule has 0 radical (unpaired) electrons. The molecule has 41 heavy (non-hydrogen) atoms. The van der Waals surface area contributed by atoms with Gasteiger partial charge in [0.05, 0.1) is 36.9 Å². The van der Waals surface area contributed by atoms with Crippen molar-refractivity contribution in [1.82, 2.24) is 10.1 Å². The SMILES string of the molecule is COC(=O)c1cc(-c2cc(-c3ccc(C)o3)no2)cc(C)c1N(Cc1cccnc1)S(=O)(=O)c1ccc(OC)cc1. The van der Waals surface area contributed by atoms with Gasteiger partial charge in [0, 0.05) is 24.0 Å². The zero-order valence-corrected chi connectivity index (χ0v) is 23.6. The Bertz CT molecular complexity index is 1790. The topological polar surface area (TPSA) is 125 Å². The zero-order valence-electron chi connectivity index (χ0n) is 22.8. The van der Waals surface area contributed by atoms with Crippen LogP contribution in [0.25, 0.3) is 22.8 Å². The summed E-state index contributed by atoms with van der Waals surface area (Å²) >= 11 is 0. The Kier molecular flexibility index (Phi) is 7.62. The average Bonchev–Trinajstić information content (AvgIpc) is 3.65. The lowest BCUT2D eigenvalue weighted by molar-refractivity contribution is 0.0601. The molecule has 210 valence electrons. The molecule has 0 aliphatic carbocycles. The van der Waals surface area contributed by atoms with Crippen LogP contribution in [-0.2, 0) is 21.3 Å². The Morgan fingerprint density at radius 1 is 0.976 bits per heavy atom. The Labute approximate surface area is 237 Å². The van der Waals surface area contributed by atoms with Crippen molar-refractivity contribution >= 4 is 21.7 Å². The quantitative estimate of drug-likeness (QED) is 0.201.